The molecule has 0 unspecified atom stereocenters. The second-order valence-corrected chi connectivity index (χ2v) is 5.28. The minimum absolute atomic E-state index is 0.262. The Hall–Kier alpha value is -1.35. The number of rotatable bonds is 6. The van der Waals surface area contributed by atoms with Crippen molar-refractivity contribution < 1.29 is 5.11 Å². The van der Waals surface area contributed by atoms with Crippen molar-refractivity contribution >= 4 is 11.6 Å². The van der Waals surface area contributed by atoms with E-state index >= 15 is 0 Å². The maximum Gasteiger partial charge on any atom is 0.0914 e. The number of nitrogens with one attached hydrogen (secondary N) is 1. The van der Waals surface area contributed by atoms with Crippen LogP contribution >= 0.6 is 11.6 Å². The lowest BCUT2D eigenvalue weighted by atomic mass is 10.0. The fourth-order valence-electron chi connectivity index (χ4n) is 2.24. The van der Waals surface area contributed by atoms with E-state index in [-0.39, 0.29) is 6.04 Å². The summed E-state index contributed by atoms with van der Waals surface area (Å²) in [5, 5.41) is 14.3. The number of aliphatic hydroxyl groups is 1. The summed E-state index contributed by atoms with van der Waals surface area (Å²) in [7, 11) is 0. The highest BCUT2D eigenvalue weighted by Gasteiger charge is 2.12. The SMILES string of the molecule is CC[C@@H](NC[C@H](O)c1ccc(Cl)cc1)c1ccccc1. The quantitative estimate of drug-likeness (QED) is 0.838. The van der Waals surface area contributed by atoms with Crippen LogP contribution in [0.3, 0.4) is 0 Å². The predicted octanol–water partition coefficient (Wildman–Crippen LogP) is 4.11. The van der Waals surface area contributed by atoms with Crippen molar-refractivity contribution in [1.29, 1.82) is 0 Å². The van der Waals surface area contributed by atoms with Gasteiger partial charge in [-0.05, 0) is 29.7 Å². The molecule has 0 aromatic heterocycles. The molecule has 0 spiro atoms. The highest BCUT2D eigenvalue weighted by atomic mass is 35.5. The summed E-state index contributed by atoms with van der Waals surface area (Å²) < 4.78 is 0. The summed E-state index contributed by atoms with van der Waals surface area (Å²) in [6.07, 6.45) is 0.460. The van der Waals surface area contributed by atoms with Crippen molar-refractivity contribution in [2.24, 2.45) is 0 Å². The van der Waals surface area contributed by atoms with Crippen LogP contribution in [0.5, 0.6) is 0 Å². The first-order chi connectivity index (χ1) is 9.70. The van der Waals surface area contributed by atoms with Gasteiger partial charge in [0.25, 0.3) is 0 Å². The average Bonchev–Trinajstić information content (AvgIpc) is 2.49. The summed E-state index contributed by atoms with van der Waals surface area (Å²) >= 11 is 5.85. The van der Waals surface area contributed by atoms with E-state index in [2.05, 4.69) is 24.4 Å². The zero-order valence-corrected chi connectivity index (χ0v) is 12.3. The Labute approximate surface area is 125 Å². The first-order valence-electron chi connectivity index (χ1n) is 6.92. The van der Waals surface area contributed by atoms with Gasteiger partial charge in [-0.15, -0.1) is 0 Å². The third-order valence-corrected chi connectivity index (χ3v) is 3.67. The zero-order valence-electron chi connectivity index (χ0n) is 11.6. The van der Waals surface area contributed by atoms with E-state index in [1.165, 1.54) is 5.56 Å². The zero-order chi connectivity index (χ0) is 14.4. The molecule has 0 heterocycles. The molecule has 0 fully saturated rings. The van der Waals surface area contributed by atoms with Crippen molar-refractivity contribution in [3.63, 3.8) is 0 Å². The Morgan fingerprint density at radius 3 is 2.25 bits per heavy atom. The molecule has 0 aliphatic rings. The van der Waals surface area contributed by atoms with Gasteiger partial charge in [0, 0.05) is 17.6 Å². The molecule has 3 heteroatoms. The van der Waals surface area contributed by atoms with Gasteiger partial charge in [-0.2, -0.15) is 0 Å². The minimum atomic E-state index is -0.523. The molecule has 0 amide bonds. The Balaban J connectivity index is 1.94. The summed E-state index contributed by atoms with van der Waals surface area (Å²) in [6, 6.07) is 17.9. The van der Waals surface area contributed by atoms with E-state index in [1.54, 1.807) is 12.1 Å². The van der Waals surface area contributed by atoms with Crippen molar-refractivity contribution in [1.82, 2.24) is 5.32 Å². The van der Waals surface area contributed by atoms with Gasteiger partial charge in [0.05, 0.1) is 6.10 Å². The number of hydrogen-bond donors (Lipinski definition) is 2. The van der Waals surface area contributed by atoms with Crippen LogP contribution in [0, 0.1) is 0 Å². The van der Waals surface area contributed by atoms with E-state index in [4.69, 9.17) is 11.6 Å². The fraction of sp³-hybridized carbons (Fsp3) is 0.294. The minimum Gasteiger partial charge on any atom is -0.387 e. The molecule has 2 rings (SSSR count). The van der Waals surface area contributed by atoms with Gasteiger partial charge in [-0.25, -0.2) is 0 Å². The van der Waals surface area contributed by atoms with Crippen LogP contribution in [0.25, 0.3) is 0 Å². The van der Waals surface area contributed by atoms with Crippen molar-refractivity contribution in [2.45, 2.75) is 25.5 Å². The van der Waals surface area contributed by atoms with Crippen molar-refractivity contribution in [2.75, 3.05) is 6.54 Å². The third kappa shape index (κ3) is 4.07. The maximum absolute atomic E-state index is 10.2. The molecule has 0 aliphatic heterocycles. The number of hydrogen-bond acceptors (Lipinski definition) is 2. The van der Waals surface area contributed by atoms with Gasteiger partial charge in [-0.1, -0.05) is 61.0 Å². The topological polar surface area (TPSA) is 32.3 Å². The normalized spacial score (nSPS) is 13.9. The largest absolute Gasteiger partial charge is 0.387 e. The molecule has 0 radical (unpaired) electrons. The van der Waals surface area contributed by atoms with E-state index in [0.717, 1.165) is 12.0 Å². The van der Waals surface area contributed by atoms with Crippen LogP contribution in [0.1, 0.15) is 36.6 Å². The standard InChI is InChI=1S/C17H20ClNO/c1-2-16(13-6-4-3-5-7-13)19-12-17(20)14-8-10-15(18)11-9-14/h3-11,16-17,19-20H,2,12H2,1H3/t16-,17+/m1/s1. The molecule has 2 N–H and O–H groups in total. The van der Waals surface area contributed by atoms with Gasteiger partial charge < -0.3 is 10.4 Å². The maximum atomic E-state index is 10.2. The van der Waals surface area contributed by atoms with Gasteiger partial charge in [0.1, 0.15) is 0 Å². The molecule has 2 aromatic rings. The molecule has 20 heavy (non-hydrogen) atoms. The smallest absolute Gasteiger partial charge is 0.0914 e. The second kappa shape index (κ2) is 7.44. The highest BCUT2D eigenvalue weighted by molar-refractivity contribution is 6.30. The van der Waals surface area contributed by atoms with Gasteiger partial charge in [0.2, 0.25) is 0 Å². The van der Waals surface area contributed by atoms with E-state index in [1.807, 2.05) is 30.3 Å². The number of halogens is 1. The lowest BCUT2D eigenvalue weighted by Crippen LogP contribution is -2.26. The average molecular weight is 290 g/mol. The van der Waals surface area contributed by atoms with Gasteiger partial charge >= 0.3 is 0 Å². The fourth-order valence-corrected chi connectivity index (χ4v) is 2.37. The van der Waals surface area contributed by atoms with Crippen LogP contribution in [0.15, 0.2) is 54.6 Å². The molecule has 106 valence electrons. The first-order valence-corrected chi connectivity index (χ1v) is 7.30. The third-order valence-electron chi connectivity index (χ3n) is 3.42. The second-order valence-electron chi connectivity index (χ2n) is 4.85. The van der Waals surface area contributed by atoms with Crippen LogP contribution in [-0.4, -0.2) is 11.7 Å². The summed E-state index contributed by atoms with van der Waals surface area (Å²) in [5.41, 5.74) is 2.13. The van der Waals surface area contributed by atoms with E-state index in [0.29, 0.717) is 11.6 Å². The summed E-state index contributed by atoms with van der Waals surface area (Å²) in [5.74, 6) is 0. The first kappa shape index (κ1) is 15.0. The molecule has 0 aliphatic carbocycles. The van der Waals surface area contributed by atoms with Crippen LogP contribution in [0.4, 0.5) is 0 Å². The highest BCUT2D eigenvalue weighted by Crippen LogP contribution is 2.19. The Bertz CT molecular complexity index is 512. The van der Waals surface area contributed by atoms with E-state index in [9.17, 15) is 5.11 Å². The Morgan fingerprint density at radius 1 is 1.00 bits per heavy atom. The molecule has 0 saturated carbocycles. The predicted molar refractivity (Wildman–Crippen MR) is 83.9 cm³/mol. The lowest BCUT2D eigenvalue weighted by Gasteiger charge is -2.20. The monoisotopic (exact) mass is 289 g/mol. The molecular weight excluding hydrogens is 270 g/mol. The molecule has 0 bridgehead atoms. The van der Waals surface area contributed by atoms with Crippen molar-refractivity contribution in [3.8, 4) is 0 Å². The van der Waals surface area contributed by atoms with Crippen LogP contribution < -0.4 is 5.32 Å². The van der Waals surface area contributed by atoms with Gasteiger partial charge in [0.15, 0.2) is 0 Å². The molecule has 2 atom stereocenters. The van der Waals surface area contributed by atoms with Crippen LogP contribution in [0.2, 0.25) is 5.02 Å². The molecule has 2 nitrogen and oxygen atoms in total. The van der Waals surface area contributed by atoms with Gasteiger partial charge in [-0.3, -0.25) is 0 Å². The molecule has 0 saturated heterocycles. The number of aliphatic hydroxyl groups excluding tert-OH is 1. The molecular formula is C17H20ClNO. The van der Waals surface area contributed by atoms with E-state index < -0.39 is 6.10 Å². The summed E-state index contributed by atoms with van der Waals surface area (Å²) in [4.78, 5) is 0. The Kier molecular flexibility index (Phi) is 5.60. The van der Waals surface area contributed by atoms with Crippen LogP contribution in [-0.2, 0) is 0 Å². The Morgan fingerprint density at radius 2 is 1.65 bits per heavy atom. The number of benzene rings is 2. The molecule has 2 aromatic carbocycles. The lowest BCUT2D eigenvalue weighted by molar-refractivity contribution is 0.169. The summed E-state index contributed by atoms with van der Waals surface area (Å²) in [6.45, 7) is 2.66. The van der Waals surface area contributed by atoms with Crippen molar-refractivity contribution in [3.05, 3.63) is 70.7 Å².